The van der Waals surface area contributed by atoms with Gasteiger partial charge in [0.05, 0.1) is 40.8 Å². The molecule has 2 atom stereocenters. The number of cyclic esters (lactones) is 1. The van der Waals surface area contributed by atoms with Gasteiger partial charge in [-0.15, -0.1) is 11.3 Å². The van der Waals surface area contributed by atoms with E-state index < -0.39 is 0 Å². The Morgan fingerprint density at radius 3 is 2.85 bits per heavy atom. The third kappa shape index (κ3) is 4.29. The van der Waals surface area contributed by atoms with Gasteiger partial charge in [-0.25, -0.2) is 14.8 Å². The molecular weight excluding hydrogens is 526 g/mol. The van der Waals surface area contributed by atoms with Crippen LogP contribution in [0.15, 0.2) is 41.2 Å². The molecule has 10 nitrogen and oxygen atoms in total. The van der Waals surface area contributed by atoms with Gasteiger partial charge in [-0.2, -0.15) is 5.26 Å². The lowest BCUT2D eigenvalue weighted by Crippen LogP contribution is -2.45. The first-order valence-corrected chi connectivity index (χ1v) is 14.2. The molecule has 1 amide bonds. The van der Waals surface area contributed by atoms with Gasteiger partial charge in [0.15, 0.2) is 0 Å². The quantitative estimate of drug-likeness (QED) is 0.383. The molecule has 0 aliphatic carbocycles. The highest BCUT2D eigenvalue weighted by Crippen LogP contribution is 2.38. The topological polar surface area (TPSA) is 125 Å². The maximum atomic E-state index is 13.8. The van der Waals surface area contributed by atoms with Crippen molar-refractivity contribution in [3.63, 3.8) is 0 Å². The van der Waals surface area contributed by atoms with Crippen molar-refractivity contribution in [3.05, 3.63) is 74.3 Å². The molecular formula is C29H27N7O3S. The molecule has 2 saturated heterocycles. The van der Waals surface area contributed by atoms with E-state index in [0.717, 1.165) is 53.4 Å². The normalized spacial score (nSPS) is 19.8. The number of piperidine rings is 1. The molecule has 11 heteroatoms. The molecule has 0 radical (unpaired) electrons. The molecule has 2 aromatic heterocycles. The minimum atomic E-state index is -0.231. The fourth-order valence-electron chi connectivity index (χ4n) is 5.85. The summed E-state index contributed by atoms with van der Waals surface area (Å²) in [5.41, 5.74) is 4.88. The predicted molar refractivity (Wildman–Crippen MR) is 151 cm³/mol. The van der Waals surface area contributed by atoms with Crippen LogP contribution < -0.4 is 16.2 Å². The van der Waals surface area contributed by atoms with Crippen LogP contribution in [0.2, 0.25) is 0 Å². The van der Waals surface area contributed by atoms with E-state index in [-0.39, 0.29) is 23.7 Å². The number of aromatic nitrogens is 3. The number of benzene rings is 2. The fraction of sp³-hybridized carbons (Fsp3) is 0.345. The lowest BCUT2D eigenvalue weighted by atomic mass is 9.97. The van der Waals surface area contributed by atoms with E-state index in [0.29, 0.717) is 42.0 Å². The number of carbonyl (C=O) groups excluding carboxylic acids is 1. The van der Waals surface area contributed by atoms with E-state index in [9.17, 15) is 9.59 Å². The zero-order valence-electron chi connectivity index (χ0n) is 21.9. The molecule has 0 bridgehead atoms. The maximum Gasteiger partial charge on any atom is 0.410 e. The average Bonchev–Trinajstić information content (AvgIpc) is 3.67. The van der Waals surface area contributed by atoms with Gasteiger partial charge in [-0.3, -0.25) is 9.36 Å². The van der Waals surface area contributed by atoms with Gasteiger partial charge in [-0.05, 0) is 49.6 Å². The van der Waals surface area contributed by atoms with Crippen molar-refractivity contribution in [1.82, 2.24) is 24.8 Å². The molecule has 2 N–H and O–H groups in total. The molecule has 7 rings (SSSR count). The third-order valence-corrected chi connectivity index (χ3v) is 9.13. The molecule has 202 valence electrons. The van der Waals surface area contributed by atoms with Gasteiger partial charge in [0.2, 0.25) is 0 Å². The van der Waals surface area contributed by atoms with Crippen molar-refractivity contribution in [2.45, 2.75) is 51.5 Å². The van der Waals surface area contributed by atoms with E-state index in [4.69, 9.17) is 20.0 Å². The standard InChI is InChI=1S/C29H27N7O3S/c1-16-32-24-9-21(27-34-25-12-31-13-26(25)40-27)23(33-19-6-7-35-20(8-19)15-39-29(35)38)10-22(24)28(37)36(16)14-18-4-2-17(11-30)3-5-18/h2-5,9-10,19-20,31,33H,6-8,12-15H2,1H3/t19-,20-/m0/s1. The van der Waals surface area contributed by atoms with E-state index in [1.807, 2.05) is 36.1 Å². The Kier molecular flexibility index (Phi) is 6.02. The van der Waals surface area contributed by atoms with Crippen molar-refractivity contribution < 1.29 is 9.53 Å². The number of ether oxygens (including phenoxy) is 1. The minimum Gasteiger partial charge on any atom is -0.447 e. The number of hydrogen-bond acceptors (Lipinski definition) is 9. The number of amides is 1. The predicted octanol–water partition coefficient (Wildman–Crippen LogP) is 3.75. The van der Waals surface area contributed by atoms with E-state index in [1.54, 1.807) is 28.0 Å². The van der Waals surface area contributed by atoms with Gasteiger partial charge in [-0.1, -0.05) is 12.1 Å². The second-order valence-corrected chi connectivity index (χ2v) is 11.6. The highest BCUT2D eigenvalue weighted by Gasteiger charge is 2.38. The largest absolute Gasteiger partial charge is 0.447 e. The number of anilines is 1. The molecule has 4 aromatic rings. The summed E-state index contributed by atoms with van der Waals surface area (Å²) in [6, 6.07) is 13.5. The van der Waals surface area contributed by atoms with Crippen LogP contribution in [0.5, 0.6) is 0 Å². The molecule has 5 heterocycles. The van der Waals surface area contributed by atoms with E-state index in [2.05, 4.69) is 16.7 Å². The van der Waals surface area contributed by atoms with Crippen molar-refractivity contribution >= 4 is 34.0 Å². The molecule has 0 unspecified atom stereocenters. The van der Waals surface area contributed by atoms with Gasteiger partial charge in [0.25, 0.3) is 5.56 Å². The van der Waals surface area contributed by atoms with Crippen LogP contribution in [-0.4, -0.2) is 50.8 Å². The highest BCUT2D eigenvalue weighted by atomic mass is 32.1. The summed E-state index contributed by atoms with van der Waals surface area (Å²) in [6.07, 6.45) is 1.33. The lowest BCUT2D eigenvalue weighted by molar-refractivity contribution is 0.153. The zero-order valence-corrected chi connectivity index (χ0v) is 22.8. The number of nitrogens with one attached hydrogen (secondary N) is 2. The Morgan fingerprint density at radius 1 is 1.20 bits per heavy atom. The molecule has 3 aliphatic heterocycles. The Hall–Kier alpha value is -4.27. The zero-order chi connectivity index (χ0) is 27.4. The summed E-state index contributed by atoms with van der Waals surface area (Å²) >= 11 is 1.67. The van der Waals surface area contributed by atoms with Gasteiger partial charge >= 0.3 is 6.09 Å². The number of hydrogen-bond donors (Lipinski definition) is 2. The van der Waals surface area contributed by atoms with Crippen LogP contribution in [0.25, 0.3) is 21.5 Å². The van der Waals surface area contributed by atoms with Gasteiger partial charge in [0, 0.05) is 41.8 Å². The van der Waals surface area contributed by atoms with Crippen LogP contribution >= 0.6 is 11.3 Å². The SMILES string of the molecule is Cc1nc2cc(-c3nc4c(s3)CNC4)c(N[C@H]3CCN4C(=O)OC[C@@H]4C3)cc2c(=O)n1Cc1ccc(C#N)cc1. The summed E-state index contributed by atoms with van der Waals surface area (Å²) in [4.78, 5) is 38.6. The van der Waals surface area contributed by atoms with E-state index >= 15 is 0 Å². The van der Waals surface area contributed by atoms with Crippen LogP contribution in [0.1, 0.15) is 40.4 Å². The number of nitrogens with zero attached hydrogens (tertiary/aromatic N) is 5. The summed E-state index contributed by atoms with van der Waals surface area (Å²) in [5, 5.41) is 17.6. The smallest absolute Gasteiger partial charge is 0.410 e. The average molecular weight is 554 g/mol. The summed E-state index contributed by atoms with van der Waals surface area (Å²) in [7, 11) is 0. The van der Waals surface area contributed by atoms with Gasteiger partial charge < -0.3 is 20.3 Å². The second-order valence-electron chi connectivity index (χ2n) is 10.6. The molecule has 3 aliphatic rings. The first-order valence-electron chi connectivity index (χ1n) is 13.4. The Labute approximate surface area is 234 Å². The summed E-state index contributed by atoms with van der Waals surface area (Å²) < 4.78 is 6.94. The number of rotatable bonds is 5. The minimum absolute atomic E-state index is 0.0614. The first-order chi connectivity index (χ1) is 19.5. The van der Waals surface area contributed by atoms with Crippen molar-refractivity contribution in [2.75, 3.05) is 18.5 Å². The van der Waals surface area contributed by atoms with Crippen LogP contribution in [0.3, 0.4) is 0 Å². The van der Waals surface area contributed by atoms with Crippen LogP contribution in [-0.2, 0) is 24.4 Å². The molecule has 2 aromatic carbocycles. The Balaban J connectivity index is 1.29. The molecule has 40 heavy (non-hydrogen) atoms. The van der Waals surface area contributed by atoms with Crippen molar-refractivity contribution in [3.8, 4) is 16.6 Å². The first kappa shape index (κ1) is 24.7. The number of carbonyl (C=O) groups is 1. The highest BCUT2D eigenvalue weighted by molar-refractivity contribution is 7.15. The van der Waals surface area contributed by atoms with Crippen molar-refractivity contribution in [2.24, 2.45) is 0 Å². The monoisotopic (exact) mass is 553 g/mol. The molecule has 2 fully saturated rings. The van der Waals surface area contributed by atoms with Crippen molar-refractivity contribution in [1.29, 1.82) is 5.26 Å². The molecule has 0 saturated carbocycles. The maximum absolute atomic E-state index is 13.8. The summed E-state index contributed by atoms with van der Waals surface area (Å²) in [5.74, 6) is 0.623. The second kappa shape index (κ2) is 9.73. The number of aryl methyl sites for hydroxylation is 1. The lowest BCUT2D eigenvalue weighted by Gasteiger charge is -2.33. The fourth-order valence-corrected chi connectivity index (χ4v) is 6.93. The summed E-state index contributed by atoms with van der Waals surface area (Å²) in [6.45, 7) is 4.84. The third-order valence-electron chi connectivity index (χ3n) is 8.00. The Morgan fingerprint density at radius 2 is 2.05 bits per heavy atom. The van der Waals surface area contributed by atoms with Gasteiger partial charge in [0.1, 0.15) is 17.4 Å². The van der Waals surface area contributed by atoms with E-state index in [1.165, 1.54) is 4.88 Å². The number of fused-ring (bicyclic) bond motifs is 3. The Bertz CT molecular complexity index is 1730. The van der Waals surface area contributed by atoms with Crippen LogP contribution in [0.4, 0.5) is 10.5 Å². The van der Waals surface area contributed by atoms with Crippen LogP contribution in [0, 0.1) is 18.3 Å². The number of thiazole rings is 1. The number of nitriles is 1. The molecule has 0 spiro atoms.